The van der Waals surface area contributed by atoms with Gasteiger partial charge in [-0.15, -0.1) is 0 Å². The number of pyridine rings is 1. The standard InChI is InChI=1S/C16H18N2O2/c1-18(2)9-10-20-16-8-7-15(11-17-16)14-5-3-13(12-19)4-6-14/h3-8,11-12H,9-10H2,1-2H3. The van der Waals surface area contributed by atoms with E-state index < -0.39 is 0 Å². The Morgan fingerprint density at radius 2 is 1.80 bits per heavy atom. The molecule has 0 aliphatic heterocycles. The summed E-state index contributed by atoms with van der Waals surface area (Å²) in [5, 5.41) is 0. The lowest BCUT2D eigenvalue weighted by Crippen LogP contribution is -2.19. The molecule has 4 nitrogen and oxygen atoms in total. The minimum absolute atomic E-state index is 0.618. The molecule has 1 aromatic carbocycles. The number of ether oxygens (including phenoxy) is 1. The van der Waals surface area contributed by atoms with Gasteiger partial charge in [-0.1, -0.05) is 24.3 Å². The molecule has 0 atom stereocenters. The van der Waals surface area contributed by atoms with Crippen LogP contribution in [0.5, 0.6) is 5.88 Å². The Morgan fingerprint density at radius 1 is 1.10 bits per heavy atom. The Bertz CT molecular complexity index is 548. The molecule has 0 saturated heterocycles. The molecule has 0 fully saturated rings. The van der Waals surface area contributed by atoms with E-state index in [0.29, 0.717) is 18.1 Å². The van der Waals surface area contributed by atoms with Crippen molar-refractivity contribution in [2.45, 2.75) is 0 Å². The van der Waals surface area contributed by atoms with Crippen molar-refractivity contribution in [2.24, 2.45) is 0 Å². The lowest BCUT2D eigenvalue weighted by molar-refractivity contribution is 0.112. The highest BCUT2D eigenvalue weighted by Gasteiger charge is 2.01. The summed E-state index contributed by atoms with van der Waals surface area (Å²) in [7, 11) is 4.01. The molecule has 2 rings (SSSR count). The monoisotopic (exact) mass is 270 g/mol. The van der Waals surface area contributed by atoms with Crippen LogP contribution in [0, 0.1) is 0 Å². The van der Waals surface area contributed by atoms with Gasteiger partial charge in [0.15, 0.2) is 0 Å². The van der Waals surface area contributed by atoms with Crippen LogP contribution in [0.2, 0.25) is 0 Å². The Morgan fingerprint density at radius 3 is 2.35 bits per heavy atom. The van der Waals surface area contributed by atoms with E-state index >= 15 is 0 Å². The van der Waals surface area contributed by atoms with Gasteiger partial charge in [0, 0.05) is 29.9 Å². The van der Waals surface area contributed by atoms with E-state index in [0.717, 1.165) is 24.0 Å². The molecule has 104 valence electrons. The van der Waals surface area contributed by atoms with Crippen LogP contribution in [-0.2, 0) is 0 Å². The number of likely N-dealkylation sites (N-methyl/N-ethyl adjacent to an activating group) is 1. The van der Waals surface area contributed by atoms with Gasteiger partial charge in [0.05, 0.1) is 0 Å². The highest BCUT2D eigenvalue weighted by atomic mass is 16.5. The number of rotatable bonds is 6. The summed E-state index contributed by atoms with van der Waals surface area (Å²) < 4.78 is 5.55. The van der Waals surface area contributed by atoms with Crippen molar-refractivity contribution in [3.63, 3.8) is 0 Å². The van der Waals surface area contributed by atoms with Crippen molar-refractivity contribution in [3.05, 3.63) is 48.2 Å². The van der Waals surface area contributed by atoms with Crippen LogP contribution >= 0.6 is 0 Å². The molecular weight excluding hydrogens is 252 g/mol. The van der Waals surface area contributed by atoms with E-state index in [-0.39, 0.29) is 0 Å². The number of benzene rings is 1. The summed E-state index contributed by atoms with van der Waals surface area (Å²) in [4.78, 5) is 17.0. The number of hydrogen-bond donors (Lipinski definition) is 0. The first-order valence-electron chi connectivity index (χ1n) is 6.48. The average molecular weight is 270 g/mol. The second-order valence-electron chi connectivity index (χ2n) is 4.78. The Labute approximate surface area is 119 Å². The largest absolute Gasteiger partial charge is 0.476 e. The minimum atomic E-state index is 0.618. The number of hydrogen-bond acceptors (Lipinski definition) is 4. The van der Waals surface area contributed by atoms with E-state index in [4.69, 9.17) is 4.74 Å². The first-order chi connectivity index (χ1) is 9.69. The highest BCUT2D eigenvalue weighted by Crippen LogP contribution is 2.20. The zero-order chi connectivity index (χ0) is 14.4. The molecule has 1 heterocycles. The fraction of sp³-hybridized carbons (Fsp3) is 0.250. The maximum absolute atomic E-state index is 10.6. The van der Waals surface area contributed by atoms with Gasteiger partial charge in [-0.3, -0.25) is 4.79 Å². The molecular formula is C16H18N2O2. The van der Waals surface area contributed by atoms with Crippen LogP contribution in [0.25, 0.3) is 11.1 Å². The molecule has 0 saturated carbocycles. The number of carbonyl (C=O) groups excluding carboxylic acids is 1. The van der Waals surface area contributed by atoms with Crippen molar-refractivity contribution in [1.82, 2.24) is 9.88 Å². The van der Waals surface area contributed by atoms with Gasteiger partial charge in [0.2, 0.25) is 5.88 Å². The van der Waals surface area contributed by atoms with Gasteiger partial charge in [-0.05, 0) is 25.7 Å². The summed E-state index contributed by atoms with van der Waals surface area (Å²) in [5.74, 6) is 0.625. The maximum atomic E-state index is 10.6. The van der Waals surface area contributed by atoms with Crippen LogP contribution in [0.4, 0.5) is 0 Å². The van der Waals surface area contributed by atoms with E-state index in [2.05, 4.69) is 9.88 Å². The van der Waals surface area contributed by atoms with Gasteiger partial charge >= 0.3 is 0 Å². The molecule has 0 spiro atoms. The summed E-state index contributed by atoms with van der Waals surface area (Å²) in [5.41, 5.74) is 2.70. The molecule has 20 heavy (non-hydrogen) atoms. The first kappa shape index (κ1) is 14.2. The van der Waals surface area contributed by atoms with Crippen molar-refractivity contribution in [3.8, 4) is 17.0 Å². The Kier molecular flexibility index (Phi) is 4.85. The zero-order valence-electron chi connectivity index (χ0n) is 11.7. The summed E-state index contributed by atoms with van der Waals surface area (Å²) in [6.45, 7) is 1.48. The average Bonchev–Trinajstić information content (AvgIpc) is 2.48. The second kappa shape index (κ2) is 6.82. The van der Waals surface area contributed by atoms with Gasteiger partial charge < -0.3 is 9.64 Å². The predicted molar refractivity (Wildman–Crippen MR) is 79.1 cm³/mol. The summed E-state index contributed by atoms with van der Waals surface area (Å²) in [6, 6.07) is 11.2. The molecule has 4 heteroatoms. The molecule has 1 aromatic heterocycles. The molecule has 0 amide bonds. The van der Waals surface area contributed by atoms with Crippen LogP contribution < -0.4 is 4.74 Å². The molecule has 0 unspecified atom stereocenters. The minimum Gasteiger partial charge on any atom is -0.476 e. The van der Waals surface area contributed by atoms with Gasteiger partial charge in [0.25, 0.3) is 0 Å². The quantitative estimate of drug-likeness (QED) is 0.756. The van der Waals surface area contributed by atoms with Crippen molar-refractivity contribution >= 4 is 6.29 Å². The third-order valence-electron chi connectivity index (χ3n) is 2.90. The first-order valence-corrected chi connectivity index (χ1v) is 6.48. The van der Waals surface area contributed by atoms with Gasteiger partial charge in [0.1, 0.15) is 12.9 Å². The van der Waals surface area contributed by atoms with Crippen molar-refractivity contribution in [1.29, 1.82) is 0 Å². The third-order valence-corrected chi connectivity index (χ3v) is 2.90. The number of aromatic nitrogens is 1. The molecule has 0 aliphatic rings. The molecule has 0 aliphatic carbocycles. The van der Waals surface area contributed by atoms with E-state index in [9.17, 15) is 4.79 Å². The lowest BCUT2D eigenvalue weighted by Gasteiger charge is -2.10. The third kappa shape index (κ3) is 3.90. The van der Waals surface area contributed by atoms with Crippen molar-refractivity contribution in [2.75, 3.05) is 27.2 Å². The lowest BCUT2D eigenvalue weighted by atomic mass is 10.1. The van der Waals surface area contributed by atoms with Crippen molar-refractivity contribution < 1.29 is 9.53 Å². The second-order valence-corrected chi connectivity index (χ2v) is 4.78. The Hall–Kier alpha value is -2.20. The fourth-order valence-corrected chi connectivity index (χ4v) is 1.72. The summed E-state index contributed by atoms with van der Waals surface area (Å²) in [6.07, 6.45) is 2.62. The van der Waals surface area contributed by atoms with Crippen LogP contribution in [0.1, 0.15) is 10.4 Å². The van der Waals surface area contributed by atoms with E-state index in [1.807, 2.05) is 38.4 Å². The normalized spacial score (nSPS) is 10.6. The highest BCUT2D eigenvalue weighted by molar-refractivity contribution is 5.76. The van der Waals surface area contributed by atoms with Crippen LogP contribution in [-0.4, -0.2) is 43.4 Å². The van der Waals surface area contributed by atoms with Crippen LogP contribution in [0.3, 0.4) is 0 Å². The van der Waals surface area contributed by atoms with Gasteiger partial charge in [-0.2, -0.15) is 0 Å². The molecule has 0 radical (unpaired) electrons. The molecule has 0 bridgehead atoms. The van der Waals surface area contributed by atoms with E-state index in [1.165, 1.54) is 0 Å². The predicted octanol–water partition coefficient (Wildman–Crippen LogP) is 2.50. The fourth-order valence-electron chi connectivity index (χ4n) is 1.72. The topological polar surface area (TPSA) is 42.4 Å². The molecule has 0 N–H and O–H groups in total. The van der Waals surface area contributed by atoms with Gasteiger partial charge in [-0.25, -0.2) is 4.98 Å². The summed E-state index contributed by atoms with van der Waals surface area (Å²) >= 11 is 0. The van der Waals surface area contributed by atoms with E-state index in [1.54, 1.807) is 18.3 Å². The SMILES string of the molecule is CN(C)CCOc1ccc(-c2ccc(C=O)cc2)cn1. The maximum Gasteiger partial charge on any atom is 0.213 e. The number of carbonyl (C=O) groups is 1. The Balaban J connectivity index is 2.01. The molecule has 2 aromatic rings. The number of nitrogens with zero attached hydrogens (tertiary/aromatic N) is 2. The number of aldehydes is 1. The van der Waals surface area contributed by atoms with Crippen LogP contribution in [0.15, 0.2) is 42.6 Å². The zero-order valence-corrected chi connectivity index (χ0v) is 11.7. The smallest absolute Gasteiger partial charge is 0.213 e.